The number of fused-ring (bicyclic) bond motifs is 1. The van der Waals surface area contributed by atoms with Crippen LogP contribution in [0.4, 0.5) is 0 Å². The van der Waals surface area contributed by atoms with Crippen LogP contribution in [0.15, 0.2) is 4.52 Å². The molecule has 0 saturated carbocycles. The van der Waals surface area contributed by atoms with Crippen LogP contribution in [0.25, 0.3) is 0 Å². The molecule has 0 bridgehead atoms. The Labute approximate surface area is 109 Å². The normalized spacial score (nSPS) is 29.2. The van der Waals surface area contributed by atoms with Crippen LogP contribution < -0.4 is 0 Å². The summed E-state index contributed by atoms with van der Waals surface area (Å²) in [5.74, 6) is 2.42. The average molecular weight is 249 g/mol. The lowest BCUT2D eigenvalue weighted by atomic mass is 9.81. The zero-order valence-corrected chi connectivity index (χ0v) is 11.3. The van der Waals surface area contributed by atoms with Crippen molar-refractivity contribution in [2.24, 2.45) is 5.92 Å². The van der Waals surface area contributed by atoms with E-state index in [2.05, 4.69) is 15.0 Å². The predicted octanol–water partition coefficient (Wildman–Crippen LogP) is 2.58. The number of nitrogens with zero attached hydrogens (tertiary/aromatic N) is 3. The first-order valence-corrected chi connectivity index (χ1v) is 7.36. The molecule has 0 amide bonds. The lowest BCUT2D eigenvalue weighted by Gasteiger charge is -2.44. The fourth-order valence-corrected chi connectivity index (χ4v) is 3.66. The molecule has 0 unspecified atom stereocenters. The molecule has 1 aromatic rings. The number of rotatable bonds is 3. The quantitative estimate of drug-likeness (QED) is 0.825. The highest BCUT2D eigenvalue weighted by molar-refractivity contribution is 4.90. The van der Waals surface area contributed by atoms with E-state index in [9.17, 15) is 0 Å². The van der Waals surface area contributed by atoms with Gasteiger partial charge >= 0.3 is 0 Å². The summed E-state index contributed by atoms with van der Waals surface area (Å²) >= 11 is 0. The Morgan fingerprint density at radius 2 is 2.11 bits per heavy atom. The zero-order chi connectivity index (χ0) is 12.4. The number of hydrogen-bond acceptors (Lipinski definition) is 4. The smallest absolute Gasteiger partial charge is 0.226 e. The first kappa shape index (κ1) is 12.2. The third kappa shape index (κ3) is 2.58. The van der Waals surface area contributed by atoms with Crippen molar-refractivity contribution in [1.82, 2.24) is 15.0 Å². The Bertz CT molecular complexity index is 388. The highest BCUT2D eigenvalue weighted by atomic mass is 16.5. The second-order valence-corrected chi connectivity index (χ2v) is 5.78. The molecule has 2 saturated heterocycles. The number of aryl methyl sites for hydroxylation is 2. The molecule has 2 aliphatic rings. The highest BCUT2D eigenvalue weighted by Crippen LogP contribution is 2.33. The SMILES string of the molecule is Cc1noc(CC[C@@H]2CCCN3CCCC[C@H]23)n1. The minimum Gasteiger partial charge on any atom is -0.339 e. The molecular formula is C14H23N3O. The van der Waals surface area contributed by atoms with Gasteiger partial charge in [0.2, 0.25) is 5.89 Å². The molecule has 2 fully saturated rings. The lowest BCUT2D eigenvalue weighted by molar-refractivity contribution is 0.0551. The van der Waals surface area contributed by atoms with Crippen molar-refractivity contribution >= 4 is 0 Å². The van der Waals surface area contributed by atoms with E-state index in [0.717, 1.165) is 30.1 Å². The molecule has 4 heteroatoms. The van der Waals surface area contributed by atoms with Gasteiger partial charge in [-0.1, -0.05) is 11.6 Å². The van der Waals surface area contributed by atoms with Crippen LogP contribution in [-0.2, 0) is 6.42 Å². The Hall–Kier alpha value is -0.900. The Balaban J connectivity index is 1.57. The minimum atomic E-state index is 0.757. The maximum atomic E-state index is 5.22. The lowest BCUT2D eigenvalue weighted by Crippen LogP contribution is -2.48. The monoisotopic (exact) mass is 249 g/mol. The Kier molecular flexibility index (Phi) is 3.64. The predicted molar refractivity (Wildman–Crippen MR) is 69.3 cm³/mol. The van der Waals surface area contributed by atoms with Crippen molar-refractivity contribution in [2.45, 2.75) is 57.9 Å². The molecule has 100 valence electrons. The van der Waals surface area contributed by atoms with Crippen molar-refractivity contribution in [3.63, 3.8) is 0 Å². The summed E-state index contributed by atoms with van der Waals surface area (Å²) in [5.41, 5.74) is 0. The van der Waals surface area contributed by atoms with Crippen molar-refractivity contribution in [3.05, 3.63) is 11.7 Å². The molecule has 3 rings (SSSR count). The maximum Gasteiger partial charge on any atom is 0.226 e. The van der Waals surface area contributed by atoms with Gasteiger partial charge in [0, 0.05) is 12.5 Å². The standard InChI is InChI=1S/C14H23N3O/c1-11-15-14(18-16-11)8-7-12-5-4-10-17-9-3-2-6-13(12)17/h12-13H,2-10H2,1H3/t12-,13+/m0/s1. The van der Waals surface area contributed by atoms with E-state index in [1.165, 1.54) is 51.6 Å². The Morgan fingerprint density at radius 3 is 2.94 bits per heavy atom. The van der Waals surface area contributed by atoms with Gasteiger partial charge in [-0.15, -0.1) is 0 Å². The van der Waals surface area contributed by atoms with E-state index in [0.29, 0.717) is 0 Å². The first-order chi connectivity index (χ1) is 8.83. The second-order valence-electron chi connectivity index (χ2n) is 5.78. The molecule has 18 heavy (non-hydrogen) atoms. The van der Waals surface area contributed by atoms with Gasteiger partial charge in [0.25, 0.3) is 0 Å². The molecular weight excluding hydrogens is 226 g/mol. The van der Waals surface area contributed by atoms with E-state index in [1.54, 1.807) is 0 Å². The topological polar surface area (TPSA) is 42.2 Å². The van der Waals surface area contributed by atoms with Crippen molar-refractivity contribution in [2.75, 3.05) is 13.1 Å². The number of hydrogen-bond donors (Lipinski definition) is 0. The van der Waals surface area contributed by atoms with E-state index in [4.69, 9.17) is 4.52 Å². The first-order valence-electron chi connectivity index (χ1n) is 7.36. The number of piperidine rings is 2. The summed E-state index contributed by atoms with van der Waals surface area (Å²) in [6, 6.07) is 0.830. The van der Waals surface area contributed by atoms with Gasteiger partial charge in [-0.2, -0.15) is 4.98 Å². The van der Waals surface area contributed by atoms with Gasteiger partial charge in [-0.25, -0.2) is 0 Å². The fraction of sp³-hybridized carbons (Fsp3) is 0.857. The molecule has 0 aliphatic carbocycles. The van der Waals surface area contributed by atoms with E-state index < -0.39 is 0 Å². The van der Waals surface area contributed by atoms with Crippen molar-refractivity contribution in [3.8, 4) is 0 Å². The van der Waals surface area contributed by atoms with E-state index in [-0.39, 0.29) is 0 Å². The van der Waals surface area contributed by atoms with Crippen molar-refractivity contribution < 1.29 is 4.52 Å². The molecule has 1 aromatic heterocycles. The van der Waals surface area contributed by atoms with Crippen LogP contribution in [0.5, 0.6) is 0 Å². The molecule has 3 heterocycles. The Morgan fingerprint density at radius 1 is 1.22 bits per heavy atom. The van der Waals surface area contributed by atoms with Gasteiger partial charge in [0.1, 0.15) is 0 Å². The van der Waals surface area contributed by atoms with Gasteiger partial charge in [0.15, 0.2) is 5.82 Å². The van der Waals surface area contributed by atoms with Gasteiger partial charge in [-0.3, -0.25) is 0 Å². The molecule has 0 spiro atoms. The molecule has 0 N–H and O–H groups in total. The van der Waals surface area contributed by atoms with Crippen LogP contribution in [0, 0.1) is 12.8 Å². The summed E-state index contributed by atoms with van der Waals surface area (Å²) in [5, 5.41) is 3.87. The maximum absolute atomic E-state index is 5.22. The number of aromatic nitrogens is 2. The molecule has 4 nitrogen and oxygen atoms in total. The molecule has 2 aliphatic heterocycles. The summed E-state index contributed by atoms with van der Waals surface area (Å²) in [6.07, 6.45) is 9.12. The largest absolute Gasteiger partial charge is 0.339 e. The second kappa shape index (κ2) is 5.39. The van der Waals surface area contributed by atoms with Gasteiger partial charge < -0.3 is 9.42 Å². The highest BCUT2D eigenvalue weighted by Gasteiger charge is 2.32. The van der Waals surface area contributed by atoms with Crippen LogP contribution in [0.2, 0.25) is 0 Å². The van der Waals surface area contributed by atoms with E-state index >= 15 is 0 Å². The molecule has 0 aromatic carbocycles. The summed E-state index contributed by atoms with van der Waals surface area (Å²) < 4.78 is 5.22. The van der Waals surface area contributed by atoms with Crippen molar-refractivity contribution in [1.29, 1.82) is 0 Å². The third-order valence-corrected chi connectivity index (χ3v) is 4.53. The summed E-state index contributed by atoms with van der Waals surface area (Å²) in [4.78, 5) is 7.03. The van der Waals surface area contributed by atoms with Crippen LogP contribution in [-0.4, -0.2) is 34.2 Å². The van der Waals surface area contributed by atoms with E-state index in [1.807, 2.05) is 6.92 Å². The third-order valence-electron chi connectivity index (χ3n) is 4.53. The fourth-order valence-electron chi connectivity index (χ4n) is 3.66. The summed E-state index contributed by atoms with van der Waals surface area (Å²) in [7, 11) is 0. The zero-order valence-electron chi connectivity index (χ0n) is 11.3. The average Bonchev–Trinajstić information content (AvgIpc) is 2.82. The molecule has 2 atom stereocenters. The van der Waals surface area contributed by atoms with Crippen LogP contribution in [0.3, 0.4) is 0 Å². The van der Waals surface area contributed by atoms with Crippen LogP contribution >= 0.6 is 0 Å². The van der Waals surface area contributed by atoms with Crippen LogP contribution in [0.1, 0.15) is 50.2 Å². The van der Waals surface area contributed by atoms with Gasteiger partial charge in [0.05, 0.1) is 0 Å². The van der Waals surface area contributed by atoms with Gasteiger partial charge in [-0.05, 0) is 58.0 Å². The minimum absolute atomic E-state index is 0.757. The molecule has 0 radical (unpaired) electrons. The summed E-state index contributed by atoms with van der Waals surface area (Å²) in [6.45, 7) is 4.53.